The Labute approximate surface area is 55.0 Å². The first-order valence-corrected chi connectivity index (χ1v) is 2.84. The molecule has 0 atom stereocenters. The Morgan fingerprint density at radius 2 is 2.11 bits per heavy atom. The SMILES string of the molecule is [CH2]CCOCCOC=O. The Balaban J connectivity index is 2.66. The van der Waals surface area contributed by atoms with Crippen molar-refractivity contribution in [2.24, 2.45) is 0 Å². The maximum absolute atomic E-state index is 9.55. The largest absolute Gasteiger partial charge is 0.465 e. The Morgan fingerprint density at radius 1 is 1.33 bits per heavy atom. The van der Waals surface area contributed by atoms with E-state index in [0.29, 0.717) is 26.3 Å². The average molecular weight is 131 g/mol. The lowest BCUT2D eigenvalue weighted by Gasteiger charge is -1.98. The van der Waals surface area contributed by atoms with Gasteiger partial charge >= 0.3 is 0 Å². The third-order valence-electron chi connectivity index (χ3n) is 0.702. The van der Waals surface area contributed by atoms with Gasteiger partial charge in [0, 0.05) is 6.61 Å². The van der Waals surface area contributed by atoms with Crippen LogP contribution in [0.4, 0.5) is 0 Å². The molecule has 0 rings (SSSR count). The van der Waals surface area contributed by atoms with Crippen molar-refractivity contribution in [1.29, 1.82) is 0 Å². The van der Waals surface area contributed by atoms with Crippen LogP contribution in [0.25, 0.3) is 0 Å². The van der Waals surface area contributed by atoms with Crippen LogP contribution in [-0.4, -0.2) is 26.3 Å². The van der Waals surface area contributed by atoms with E-state index in [4.69, 9.17) is 4.74 Å². The number of carbonyl (C=O) groups is 1. The maximum Gasteiger partial charge on any atom is 0.293 e. The summed E-state index contributed by atoms with van der Waals surface area (Å²) >= 11 is 0. The smallest absolute Gasteiger partial charge is 0.293 e. The van der Waals surface area contributed by atoms with Gasteiger partial charge in [-0.05, 0) is 6.42 Å². The Kier molecular flexibility index (Phi) is 6.96. The van der Waals surface area contributed by atoms with Crippen molar-refractivity contribution in [3.05, 3.63) is 6.92 Å². The molecular formula is C6H11O3. The first-order chi connectivity index (χ1) is 4.41. The van der Waals surface area contributed by atoms with Crippen molar-refractivity contribution in [3.8, 4) is 0 Å². The number of carbonyl (C=O) groups excluding carboxylic acids is 1. The van der Waals surface area contributed by atoms with E-state index in [1.807, 2.05) is 0 Å². The van der Waals surface area contributed by atoms with E-state index in [2.05, 4.69) is 11.7 Å². The predicted octanol–water partition coefficient (Wildman–Crippen LogP) is 0.400. The first-order valence-electron chi connectivity index (χ1n) is 2.84. The van der Waals surface area contributed by atoms with Gasteiger partial charge in [0.25, 0.3) is 6.47 Å². The van der Waals surface area contributed by atoms with Crippen molar-refractivity contribution >= 4 is 6.47 Å². The van der Waals surface area contributed by atoms with Gasteiger partial charge < -0.3 is 9.47 Å². The molecule has 0 heterocycles. The molecule has 9 heavy (non-hydrogen) atoms. The van der Waals surface area contributed by atoms with Crippen molar-refractivity contribution in [3.63, 3.8) is 0 Å². The summed E-state index contributed by atoms with van der Waals surface area (Å²) in [5.74, 6) is 0. The average Bonchev–Trinajstić information content (AvgIpc) is 1.89. The van der Waals surface area contributed by atoms with Crippen LogP contribution in [0.15, 0.2) is 0 Å². The summed E-state index contributed by atoms with van der Waals surface area (Å²) in [6.45, 7) is 5.41. The Hall–Kier alpha value is -0.570. The fraction of sp³-hybridized carbons (Fsp3) is 0.667. The second-order valence-corrected chi connectivity index (χ2v) is 1.43. The van der Waals surface area contributed by atoms with Gasteiger partial charge in [-0.3, -0.25) is 4.79 Å². The topological polar surface area (TPSA) is 35.5 Å². The molecule has 0 aliphatic heterocycles. The zero-order valence-corrected chi connectivity index (χ0v) is 5.34. The highest BCUT2D eigenvalue weighted by Gasteiger charge is 1.84. The van der Waals surface area contributed by atoms with E-state index in [0.717, 1.165) is 6.42 Å². The molecule has 0 saturated carbocycles. The van der Waals surface area contributed by atoms with Gasteiger partial charge in [-0.15, -0.1) is 0 Å². The molecule has 3 nitrogen and oxygen atoms in total. The predicted molar refractivity (Wildman–Crippen MR) is 32.8 cm³/mol. The highest BCUT2D eigenvalue weighted by Crippen LogP contribution is 1.78. The second-order valence-electron chi connectivity index (χ2n) is 1.43. The van der Waals surface area contributed by atoms with E-state index in [1.54, 1.807) is 0 Å². The number of hydrogen-bond acceptors (Lipinski definition) is 3. The minimum absolute atomic E-state index is 0.337. The Bertz CT molecular complexity index is 63.3. The van der Waals surface area contributed by atoms with Crippen LogP contribution >= 0.6 is 0 Å². The van der Waals surface area contributed by atoms with Gasteiger partial charge in [0.15, 0.2) is 0 Å². The number of rotatable bonds is 6. The molecule has 53 valence electrons. The van der Waals surface area contributed by atoms with Crippen molar-refractivity contribution < 1.29 is 14.3 Å². The summed E-state index contributed by atoms with van der Waals surface area (Å²) in [4.78, 5) is 9.55. The van der Waals surface area contributed by atoms with Crippen molar-refractivity contribution in [1.82, 2.24) is 0 Å². The summed E-state index contributed by atoms with van der Waals surface area (Å²) in [5, 5.41) is 0. The van der Waals surface area contributed by atoms with Crippen molar-refractivity contribution in [2.45, 2.75) is 6.42 Å². The molecule has 0 N–H and O–H groups in total. The highest BCUT2D eigenvalue weighted by molar-refractivity contribution is 5.36. The number of ether oxygens (including phenoxy) is 2. The highest BCUT2D eigenvalue weighted by atomic mass is 16.5. The second kappa shape index (κ2) is 7.43. The van der Waals surface area contributed by atoms with E-state index >= 15 is 0 Å². The first kappa shape index (κ1) is 8.43. The molecule has 1 radical (unpaired) electrons. The standard InChI is InChI=1S/C6H11O3/c1-2-3-8-4-5-9-6-7/h6H,1-5H2. The molecule has 0 fully saturated rings. The molecule has 0 bridgehead atoms. The summed E-state index contributed by atoms with van der Waals surface area (Å²) in [5.41, 5.74) is 0. The zero-order chi connectivity index (χ0) is 6.95. The third kappa shape index (κ3) is 7.43. The molecule has 0 amide bonds. The van der Waals surface area contributed by atoms with E-state index in [1.165, 1.54) is 0 Å². The van der Waals surface area contributed by atoms with Gasteiger partial charge in [0.05, 0.1) is 6.61 Å². The lowest BCUT2D eigenvalue weighted by Crippen LogP contribution is -2.03. The van der Waals surface area contributed by atoms with Gasteiger partial charge in [-0.1, -0.05) is 6.92 Å². The quantitative estimate of drug-likeness (QED) is 0.386. The van der Waals surface area contributed by atoms with Crippen LogP contribution in [0.1, 0.15) is 6.42 Å². The van der Waals surface area contributed by atoms with Gasteiger partial charge in [0.1, 0.15) is 6.61 Å². The summed E-state index contributed by atoms with van der Waals surface area (Å²) in [6.07, 6.45) is 0.751. The van der Waals surface area contributed by atoms with Crippen LogP contribution in [-0.2, 0) is 14.3 Å². The molecule has 3 heteroatoms. The van der Waals surface area contributed by atoms with Crippen LogP contribution in [0.3, 0.4) is 0 Å². The molecule has 0 aliphatic carbocycles. The summed E-state index contributed by atoms with van der Waals surface area (Å²) in [7, 11) is 0. The minimum Gasteiger partial charge on any atom is -0.465 e. The lowest BCUT2D eigenvalue weighted by atomic mass is 10.5. The van der Waals surface area contributed by atoms with E-state index in [9.17, 15) is 4.79 Å². The molecule has 0 aliphatic rings. The van der Waals surface area contributed by atoms with Crippen LogP contribution in [0, 0.1) is 6.92 Å². The van der Waals surface area contributed by atoms with Gasteiger partial charge in [-0.25, -0.2) is 0 Å². The van der Waals surface area contributed by atoms with Crippen LogP contribution in [0.5, 0.6) is 0 Å². The molecular weight excluding hydrogens is 120 g/mol. The maximum atomic E-state index is 9.55. The molecule has 0 aromatic carbocycles. The van der Waals surface area contributed by atoms with Crippen LogP contribution in [0.2, 0.25) is 0 Å². The molecule has 0 saturated heterocycles. The Morgan fingerprint density at radius 3 is 2.67 bits per heavy atom. The monoisotopic (exact) mass is 131 g/mol. The van der Waals surface area contributed by atoms with E-state index in [-0.39, 0.29) is 0 Å². The molecule has 0 unspecified atom stereocenters. The minimum atomic E-state index is 0.337. The third-order valence-corrected chi connectivity index (χ3v) is 0.702. The van der Waals surface area contributed by atoms with Crippen LogP contribution < -0.4 is 0 Å². The summed E-state index contributed by atoms with van der Waals surface area (Å²) < 4.78 is 9.29. The lowest BCUT2D eigenvalue weighted by molar-refractivity contribution is -0.130. The molecule has 0 spiro atoms. The zero-order valence-electron chi connectivity index (χ0n) is 5.34. The van der Waals surface area contributed by atoms with E-state index < -0.39 is 0 Å². The normalized spacial score (nSPS) is 9.00. The molecule has 0 aromatic rings. The number of hydrogen-bond donors (Lipinski definition) is 0. The summed E-state index contributed by atoms with van der Waals surface area (Å²) in [6, 6.07) is 0. The van der Waals surface area contributed by atoms with Crippen molar-refractivity contribution in [2.75, 3.05) is 19.8 Å². The van der Waals surface area contributed by atoms with Gasteiger partial charge in [0.2, 0.25) is 0 Å². The fourth-order valence-corrected chi connectivity index (χ4v) is 0.359. The fourth-order valence-electron chi connectivity index (χ4n) is 0.359. The van der Waals surface area contributed by atoms with Gasteiger partial charge in [-0.2, -0.15) is 0 Å². The molecule has 0 aromatic heterocycles.